The van der Waals surface area contributed by atoms with Crippen molar-refractivity contribution in [1.82, 2.24) is 0 Å². The van der Waals surface area contributed by atoms with E-state index in [0.717, 1.165) is 6.08 Å². The number of alkyl halides is 2. The number of ketones is 2. The third kappa shape index (κ3) is 2.32. The van der Waals surface area contributed by atoms with Gasteiger partial charge in [0.05, 0.1) is 12.2 Å². The van der Waals surface area contributed by atoms with Crippen LogP contribution in [0.4, 0.5) is 8.78 Å². The van der Waals surface area contributed by atoms with E-state index in [-0.39, 0.29) is 24.8 Å². The number of aliphatic hydroxyl groups excluding tert-OH is 2. The minimum absolute atomic E-state index is 0.0550. The Kier molecular flexibility index (Phi) is 4.42. The Morgan fingerprint density at radius 1 is 1.22 bits per heavy atom. The zero-order chi connectivity index (χ0) is 23.5. The summed E-state index contributed by atoms with van der Waals surface area (Å²) in [5, 5.41) is 21.1. The number of ether oxygens (including phenoxy) is 2. The molecule has 1 saturated heterocycles. The number of aliphatic hydroxyl groups is 2. The molecule has 0 amide bonds. The molecule has 0 bridgehead atoms. The summed E-state index contributed by atoms with van der Waals surface area (Å²) in [6.07, 6.45) is -0.151. The van der Waals surface area contributed by atoms with Crippen LogP contribution >= 0.6 is 0 Å². The van der Waals surface area contributed by atoms with Gasteiger partial charge in [-0.1, -0.05) is 13.0 Å². The summed E-state index contributed by atoms with van der Waals surface area (Å²) < 4.78 is 44.8. The van der Waals surface area contributed by atoms with E-state index in [1.165, 1.54) is 19.1 Å². The van der Waals surface area contributed by atoms with Gasteiger partial charge in [-0.25, -0.2) is 8.78 Å². The molecule has 3 saturated carbocycles. The second kappa shape index (κ2) is 6.34. The highest BCUT2D eigenvalue weighted by molar-refractivity contribution is 6.01. The summed E-state index contributed by atoms with van der Waals surface area (Å²) in [5.41, 5.74) is -6.30. The van der Waals surface area contributed by atoms with E-state index in [0.29, 0.717) is 0 Å². The van der Waals surface area contributed by atoms with Gasteiger partial charge in [0.25, 0.3) is 0 Å². The minimum Gasteiger partial charge on any atom is -0.390 e. The second-order valence-corrected chi connectivity index (χ2v) is 11.0. The molecule has 4 aliphatic carbocycles. The Hall–Kier alpha value is -1.48. The van der Waals surface area contributed by atoms with Crippen LogP contribution < -0.4 is 0 Å². The Balaban J connectivity index is 1.66. The molecule has 0 spiro atoms. The molecule has 2 N–H and O–H groups in total. The predicted octanol–water partition coefficient (Wildman–Crippen LogP) is 2.37. The van der Waals surface area contributed by atoms with Gasteiger partial charge in [-0.2, -0.15) is 0 Å². The first-order valence-electron chi connectivity index (χ1n) is 11.3. The number of Topliss-reactive ketones (excluding diaryl/α,β-unsaturated/α-hetero) is 1. The maximum absolute atomic E-state index is 17.1. The van der Waals surface area contributed by atoms with Crippen LogP contribution in [-0.2, 0) is 19.1 Å². The molecule has 1 aliphatic heterocycles. The number of fused-ring (bicyclic) bond motifs is 7. The van der Waals surface area contributed by atoms with E-state index in [2.05, 4.69) is 0 Å². The van der Waals surface area contributed by atoms with Gasteiger partial charge in [-0.05, 0) is 63.7 Å². The fraction of sp³-hybridized carbons (Fsp3) is 0.750. The summed E-state index contributed by atoms with van der Waals surface area (Å²) in [7, 11) is 0. The van der Waals surface area contributed by atoms with Gasteiger partial charge in [-0.15, -0.1) is 0 Å². The van der Waals surface area contributed by atoms with Gasteiger partial charge in [0.1, 0.15) is 12.8 Å². The van der Waals surface area contributed by atoms with Gasteiger partial charge in [-0.3, -0.25) is 9.59 Å². The highest BCUT2D eigenvalue weighted by Gasteiger charge is 2.80. The molecule has 5 unspecified atom stereocenters. The van der Waals surface area contributed by atoms with Crippen LogP contribution in [0.15, 0.2) is 23.8 Å². The lowest BCUT2D eigenvalue weighted by atomic mass is 9.44. The average Bonchev–Trinajstić information content (AvgIpc) is 3.11. The Morgan fingerprint density at radius 3 is 2.56 bits per heavy atom. The Bertz CT molecular complexity index is 960. The number of hydrogen-bond donors (Lipinski definition) is 2. The van der Waals surface area contributed by atoms with Crippen molar-refractivity contribution in [3.63, 3.8) is 0 Å². The van der Waals surface area contributed by atoms with Crippen molar-refractivity contribution in [3.05, 3.63) is 23.8 Å². The van der Waals surface area contributed by atoms with Crippen LogP contribution in [0.5, 0.6) is 0 Å². The molecule has 8 heteroatoms. The molecule has 1 heterocycles. The molecule has 9 atom stereocenters. The highest BCUT2D eigenvalue weighted by Crippen LogP contribution is 2.72. The molecule has 0 radical (unpaired) electrons. The van der Waals surface area contributed by atoms with Crippen LogP contribution in [0.3, 0.4) is 0 Å². The normalized spacial score (nSPS) is 53.2. The number of allylic oxidation sites excluding steroid dienone is 4. The van der Waals surface area contributed by atoms with Crippen molar-refractivity contribution in [1.29, 1.82) is 0 Å². The van der Waals surface area contributed by atoms with E-state index in [1.54, 1.807) is 20.8 Å². The van der Waals surface area contributed by atoms with Crippen LogP contribution in [0.25, 0.3) is 0 Å². The average molecular weight is 452 g/mol. The van der Waals surface area contributed by atoms with E-state index in [1.807, 2.05) is 0 Å². The lowest BCUT2D eigenvalue weighted by molar-refractivity contribution is -0.248. The summed E-state index contributed by atoms with van der Waals surface area (Å²) >= 11 is 0. The monoisotopic (exact) mass is 452 g/mol. The lowest BCUT2D eigenvalue weighted by Gasteiger charge is -2.63. The first kappa shape index (κ1) is 22.3. The third-order valence-corrected chi connectivity index (χ3v) is 9.18. The van der Waals surface area contributed by atoms with E-state index < -0.39 is 76.3 Å². The van der Waals surface area contributed by atoms with Gasteiger partial charge in [0, 0.05) is 16.7 Å². The predicted molar refractivity (Wildman–Crippen MR) is 109 cm³/mol. The topological polar surface area (TPSA) is 93.1 Å². The summed E-state index contributed by atoms with van der Waals surface area (Å²) in [4.78, 5) is 25.1. The molecular formula is C24H30F2O6. The van der Waals surface area contributed by atoms with E-state index >= 15 is 8.78 Å². The molecule has 5 rings (SSSR count). The maximum Gasteiger partial charge on any atom is 0.193 e. The molecule has 176 valence electrons. The molecule has 0 aromatic carbocycles. The summed E-state index contributed by atoms with van der Waals surface area (Å²) in [6, 6.07) is 0. The quantitative estimate of drug-likeness (QED) is 0.668. The first-order chi connectivity index (χ1) is 14.8. The van der Waals surface area contributed by atoms with Gasteiger partial charge < -0.3 is 19.7 Å². The second-order valence-electron chi connectivity index (χ2n) is 11.0. The van der Waals surface area contributed by atoms with Crippen LogP contribution in [0, 0.1) is 22.7 Å². The molecule has 0 aromatic rings. The van der Waals surface area contributed by atoms with Gasteiger partial charge in [0.15, 0.2) is 28.6 Å². The van der Waals surface area contributed by atoms with Crippen LogP contribution in [-0.4, -0.2) is 63.8 Å². The molecule has 5 aliphatic rings. The van der Waals surface area contributed by atoms with Gasteiger partial charge >= 0.3 is 0 Å². The lowest BCUT2D eigenvalue weighted by Crippen LogP contribution is -2.71. The number of halogens is 2. The number of rotatable bonds is 2. The SMILES string of the molecule is CC1(C)OC2CC3C4CC(F)C5=CC(=O)C=C[C@@]5(C)[C@@]4(F)C(O)C[C@@]3(C)[C@]2(C(=O)CO)O1. The molecule has 0 aromatic heterocycles. The number of hydrogen-bond acceptors (Lipinski definition) is 6. The highest BCUT2D eigenvalue weighted by atomic mass is 19.1. The zero-order valence-corrected chi connectivity index (χ0v) is 18.7. The Morgan fingerprint density at radius 2 is 1.91 bits per heavy atom. The smallest absolute Gasteiger partial charge is 0.193 e. The molecule has 6 nitrogen and oxygen atoms in total. The fourth-order valence-electron chi connectivity index (χ4n) is 7.92. The Labute approximate surface area is 185 Å². The maximum atomic E-state index is 17.1. The molecule has 4 fully saturated rings. The summed E-state index contributed by atoms with van der Waals surface area (Å²) in [5.74, 6) is -3.53. The third-order valence-electron chi connectivity index (χ3n) is 9.18. The molecular weight excluding hydrogens is 422 g/mol. The van der Waals surface area contributed by atoms with Crippen molar-refractivity contribution in [2.24, 2.45) is 22.7 Å². The van der Waals surface area contributed by atoms with E-state index in [4.69, 9.17) is 9.47 Å². The number of carbonyl (C=O) groups is 2. The van der Waals surface area contributed by atoms with E-state index in [9.17, 15) is 19.8 Å². The fourth-order valence-corrected chi connectivity index (χ4v) is 7.92. The molecule has 32 heavy (non-hydrogen) atoms. The summed E-state index contributed by atoms with van der Waals surface area (Å²) in [6.45, 7) is 5.87. The van der Waals surface area contributed by atoms with Crippen molar-refractivity contribution in [3.8, 4) is 0 Å². The minimum atomic E-state index is -2.24. The van der Waals surface area contributed by atoms with Crippen molar-refractivity contribution in [2.45, 2.75) is 82.4 Å². The van der Waals surface area contributed by atoms with Gasteiger partial charge in [0.2, 0.25) is 0 Å². The van der Waals surface area contributed by atoms with Crippen LogP contribution in [0.2, 0.25) is 0 Å². The van der Waals surface area contributed by atoms with Crippen molar-refractivity contribution >= 4 is 11.6 Å². The largest absolute Gasteiger partial charge is 0.390 e. The number of carbonyl (C=O) groups excluding carboxylic acids is 2. The van der Waals surface area contributed by atoms with Crippen molar-refractivity contribution < 1.29 is 38.1 Å². The zero-order valence-electron chi connectivity index (χ0n) is 18.7. The van der Waals surface area contributed by atoms with Crippen LogP contribution in [0.1, 0.15) is 47.0 Å². The van der Waals surface area contributed by atoms with Crippen molar-refractivity contribution in [2.75, 3.05) is 6.61 Å². The standard InChI is InChI=1S/C24H30F2O6/c1-20(2)31-19-9-13-14-8-16(25)15-7-12(28)5-6-21(15,3)23(14,26)17(29)10-22(13,4)24(19,32-20)18(30)11-27/h5-7,13-14,16-17,19,27,29H,8-11H2,1-4H3/t13?,14?,16?,17?,19?,21-,22-,23+,24-/m1/s1. The first-order valence-corrected chi connectivity index (χ1v) is 11.3.